The minimum Gasteiger partial charge on any atom is -0.494 e. The number of amides is 1. The smallest absolute Gasteiger partial charge is 0.326 e. The van der Waals surface area contributed by atoms with Crippen LogP contribution in [-0.2, 0) is 4.79 Å². The first-order valence-electron chi connectivity index (χ1n) is 6.45. The zero-order valence-electron chi connectivity index (χ0n) is 11.3. The third-order valence-corrected chi connectivity index (χ3v) is 2.61. The number of carboxylic acid groups (broad SMARTS) is 1. The van der Waals surface area contributed by atoms with Crippen LogP contribution in [0, 0.1) is 0 Å². The highest BCUT2D eigenvalue weighted by Gasteiger charge is 2.19. The van der Waals surface area contributed by atoms with Crippen molar-refractivity contribution in [2.75, 3.05) is 13.2 Å². The van der Waals surface area contributed by atoms with Gasteiger partial charge >= 0.3 is 5.97 Å². The molecule has 0 spiro atoms. The highest BCUT2D eigenvalue weighted by atomic mass is 16.5. The number of benzene rings is 1. The maximum absolute atomic E-state index is 11.9. The summed E-state index contributed by atoms with van der Waals surface area (Å²) in [6.45, 7) is 2.29. The van der Waals surface area contributed by atoms with Crippen molar-refractivity contribution in [1.29, 1.82) is 0 Å². The molecule has 0 bridgehead atoms. The second-order valence-electron chi connectivity index (χ2n) is 4.25. The zero-order valence-corrected chi connectivity index (χ0v) is 11.3. The molecule has 0 aliphatic carbocycles. The molecule has 1 aromatic carbocycles. The minimum absolute atomic E-state index is 0.0290. The largest absolute Gasteiger partial charge is 0.494 e. The molecule has 1 atom stereocenters. The van der Waals surface area contributed by atoms with Gasteiger partial charge in [0.15, 0.2) is 0 Å². The molecular weight excluding hydrogens is 262 g/mol. The molecule has 0 saturated heterocycles. The predicted octanol–water partition coefficient (Wildman–Crippen LogP) is 1.04. The molecule has 20 heavy (non-hydrogen) atoms. The molecule has 6 nitrogen and oxygen atoms in total. The first kappa shape index (κ1) is 16.0. The van der Waals surface area contributed by atoms with Crippen LogP contribution in [0.2, 0.25) is 0 Å². The van der Waals surface area contributed by atoms with Crippen molar-refractivity contribution < 1.29 is 24.5 Å². The SMILES string of the molecule is CCCOc1ccc(C(=O)NC(CCO)C(=O)O)cc1. The van der Waals surface area contributed by atoms with E-state index in [9.17, 15) is 9.59 Å². The van der Waals surface area contributed by atoms with E-state index in [1.165, 1.54) is 0 Å². The normalized spacial score (nSPS) is 11.7. The van der Waals surface area contributed by atoms with Gasteiger partial charge in [0.1, 0.15) is 11.8 Å². The van der Waals surface area contributed by atoms with Gasteiger partial charge in [0.05, 0.1) is 6.61 Å². The summed E-state index contributed by atoms with van der Waals surface area (Å²) < 4.78 is 5.39. The molecule has 0 fully saturated rings. The Morgan fingerprint density at radius 1 is 1.30 bits per heavy atom. The minimum atomic E-state index is -1.17. The molecule has 1 amide bonds. The lowest BCUT2D eigenvalue weighted by molar-refractivity contribution is -0.139. The van der Waals surface area contributed by atoms with Crippen LogP contribution in [0.15, 0.2) is 24.3 Å². The molecule has 110 valence electrons. The Bertz CT molecular complexity index is 443. The van der Waals surface area contributed by atoms with Crippen LogP contribution in [0.5, 0.6) is 5.75 Å². The summed E-state index contributed by atoms with van der Waals surface area (Å²) in [6.07, 6.45) is 0.864. The first-order valence-corrected chi connectivity index (χ1v) is 6.45. The van der Waals surface area contributed by atoms with Crippen LogP contribution in [0.1, 0.15) is 30.1 Å². The Morgan fingerprint density at radius 3 is 2.45 bits per heavy atom. The summed E-state index contributed by atoms with van der Waals surface area (Å²) in [5.41, 5.74) is 0.345. The number of rotatable bonds is 8. The number of aliphatic hydroxyl groups excluding tert-OH is 1. The fourth-order valence-corrected chi connectivity index (χ4v) is 1.55. The van der Waals surface area contributed by atoms with Crippen molar-refractivity contribution in [3.63, 3.8) is 0 Å². The van der Waals surface area contributed by atoms with E-state index in [4.69, 9.17) is 14.9 Å². The lowest BCUT2D eigenvalue weighted by atomic mass is 10.1. The van der Waals surface area contributed by atoms with Crippen LogP contribution in [0.25, 0.3) is 0 Å². The summed E-state index contributed by atoms with van der Waals surface area (Å²) in [5, 5.41) is 20.0. The van der Waals surface area contributed by atoms with Crippen LogP contribution in [-0.4, -0.2) is 41.3 Å². The monoisotopic (exact) mass is 281 g/mol. The van der Waals surface area contributed by atoms with Crippen molar-refractivity contribution in [3.05, 3.63) is 29.8 Å². The first-order chi connectivity index (χ1) is 9.58. The van der Waals surface area contributed by atoms with Gasteiger partial charge in [0.2, 0.25) is 0 Å². The molecule has 0 aliphatic heterocycles. The number of hydrogen-bond acceptors (Lipinski definition) is 4. The summed E-state index contributed by atoms with van der Waals surface area (Å²) in [6, 6.07) is 5.36. The molecule has 0 saturated carbocycles. The maximum atomic E-state index is 11.9. The Kier molecular flexibility index (Phi) is 6.52. The number of hydrogen-bond donors (Lipinski definition) is 3. The zero-order chi connectivity index (χ0) is 15.0. The van der Waals surface area contributed by atoms with Crippen molar-refractivity contribution in [2.45, 2.75) is 25.8 Å². The number of carboxylic acids is 1. The van der Waals surface area contributed by atoms with Gasteiger partial charge in [-0.25, -0.2) is 4.79 Å². The van der Waals surface area contributed by atoms with Gasteiger partial charge in [-0.2, -0.15) is 0 Å². The van der Waals surface area contributed by atoms with Gasteiger partial charge in [-0.15, -0.1) is 0 Å². The highest BCUT2D eigenvalue weighted by molar-refractivity contribution is 5.96. The Hall–Kier alpha value is -2.08. The van der Waals surface area contributed by atoms with Crippen LogP contribution in [0.4, 0.5) is 0 Å². The standard InChI is InChI=1S/C14H19NO5/c1-2-9-20-11-5-3-10(4-6-11)13(17)15-12(7-8-16)14(18)19/h3-6,12,16H,2,7-9H2,1H3,(H,15,17)(H,18,19). The molecule has 3 N–H and O–H groups in total. The molecule has 0 heterocycles. The number of nitrogens with one attached hydrogen (secondary N) is 1. The molecule has 0 aliphatic rings. The molecule has 1 rings (SSSR count). The molecule has 0 aromatic heterocycles. The Balaban J connectivity index is 2.64. The van der Waals surface area contributed by atoms with Gasteiger partial charge in [0.25, 0.3) is 5.91 Å². The van der Waals surface area contributed by atoms with Crippen molar-refractivity contribution in [3.8, 4) is 5.75 Å². The number of ether oxygens (including phenoxy) is 1. The number of carbonyl (C=O) groups excluding carboxylic acids is 1. The van der Waals surface area contributed by atoms with Gasteiger partial charge in [-0.3, -0.25) is 4.79 Å². The highest BCUT2D eigenvalue weighted by Crippen LogP contribution is 2.12. The van der Waals surface area contributed by atoms with E-state index in [0.717, 1.165) is 6.42 Å². The third kappa shape index (κ3) is 4.89. The summed E-state index contributed by atoms with van der Waals surface area (Å²) in [7, 11) is 0. The molecule has 1 unspecified atom stereocenters. The van der Waals surface area contributed by atoms with Crippen LogP contribution >= 0.6 is 0 Å². The lowest BCUT2D eigenvalue weighted by Gasteiger charge is -2.13. The molecule has 6 heteroatoms. The van der Waals surface area contributed by atoms with E-state index in [0.29, 0.717) is 17.9 Å². The van der Waals surface area contributed by atoms with E-state index >= 15 is 0 Å². The van der Waals surface area contributed by atoms with Gasteiger partial charge in [-0.05, 0) is 30.7 Å². The quantitative estimate of drug-likeness (QED) is 0.661. The van der Waals surface area contributed by atoms with E-state index < -0.39 is 17.9 Å². The summed E-state index contributed by atoms with van der Waals surface area (Å²) >= 11 is 0. The van der Waals surface area contributed by atoms with Crippen molar-refractivity contribution in [1.82, 2.24) is 5.32 Å². The lowest BCUT2D eigenvalue weighted by Crippen LogP contribution is -2.41. The summed E-state index contributed by atoms with van der Waals surface area (Å²) in [4.78, 5) is 22.7. The number of aliphatic hydroxyl groups is 1. The Morgan fingerprint density at radius 2 is 1.95 bits per heavy atom. The molecular formula is C14H19NO5. The number of aliphatic carboxylic acids is 1. The fraction of sp³-hybridized carbons (Fsp3) is 0.429. The average Bonchev–Trinajstić information content (AvgIpc) is 2.45. The van der Waals surface area contributed by atoms with Gasteiger partial charge in [0, 0.05) is 18.6 Å². The van der Waals surface area contributed by atoms with Gasteiger partial charge in [-0.1, -0.05) is 6.92 Å². The van der Waals surface area contributed by atoms with Crippen LogP contribution in [0.3, 0.4) is 0 Å². The Labute approximate surface area is 117 Å². The van der Waals surface area contributed by atoms with E-state index in [1.54, 1.807) is 24.3 Å². The van der Waals surface area contributed by atoms with Crippen molar-refractivity contribution in [2.24, 2.45) is 0 Å². The van der Waals surface area contributed by atoms with E-state index in [1.807, 2.05) is 6.92 Å². The fourth-order valence-electron chi connectivity index (χ4n) is 1.55. The topological polar surface area (TPSA) is 95.9 Å². The second-order valence-corrected chi connectivity index (χ2v) is 4.25. The predicted molar refractivity (Wildman–Crippen MR) is 72.8 cm³/mol. The van der Waals surface area contributed by atoms with Gasteiger partial charge < -0.3 is 20.3 Å². The third-order valence-electron chi connectivity index (χ3n) is 2.61. The average molecular weight is 281 g/mol. The molecule has 1 aromatic rings. The molecule has 0 radical (unpaired) electrons. The summed E-state index contributed by atoms with van der Waals surface area (Å²) in [5.74, 6) is -1.00. The van der Waals surface area contributed by atoms with Crippen molar-refractivity contribution >= 4 is 11.9 Å². The maximum Gasteiger partial charge on any atom is 0.326 e. The van der Waals surface area contributed by atoms with E-state index in [-0.39, 0.29) is 13.0 Å². The second kappa shape index (κ2) is 8.16. The van der Waals surface area contributed by atoms with Crippen LogP contribution < -0.4 is 10.1 Å². The van der Waals surface area contributed by atoms with E-state index in [2.05, 4.69) is 5.32 Å². The number of carbonyl (C=O) groups is 2.